The fourth-order valence-electron chi connectivity index (χ4n) is 1.39. The molecule has 2 rings (SSSR count). The summed E-state index contributed by atoms with van der Waals surface area (Å²) >= 11 is 0. The highest BCUT2D eigenvalue weighted by Crippen LogP contribution is 2.05. The fourth-order valence-corrected chi connectivity index (χ4v) is 1.39. The van der Waals surface area contributed by atoms with Gasteiger partial charge in [-0.3, -0.25) is 0 Å². The highest BCUT2D eigenvalue weighted by molar-refractivity contribution is 5.85. The van der Waals surface area contributed by atoms with Crippen molar-refractivity contribution >= 4 is 30.5 Å². The number of nitrogens with zero attached hydrogens (tertiary/aromatic N) is 2. The Balaban J connectivity index is 0.000000980. The number of hydrogen-bond donors (Lipinski definition) is 1. The summed E-state index contributed by atoms with van der Waals surface area (Å²) in [5, 5.41) is 0. The minimum absolute atomic E-state index is 0. The smallest absolute Gasteiger partial charge is 0.136 e. The number of aromatic nitrogens is 2. The molecule has 84 valence electrons. The van der Waals surface area contributed by atoms with Crippen molar-refractivity contribution in [2.45, 2.75) is 12.8 Å². The van der Waals surface area contributed by atoms with Gasteiger partial charge in [-0.05, 0) is 31.5 Å². The van der Waals surface area contributed by atoms with E-state index in [9.17, 15) is 0 Å². The maximum atomic E-state index is 5.44. The second-order valence-corrected chi connectivity index (χ2v) is 3.09. The Morgan fingerprint density at radius 3 is 2.73 bits per heavy atom. The minimum Gasteiger partial charge on any atom is -0.330 e. The highest BCUT2D eigenvalue weighted by Gasteiger charge is 1.98. The monoisotopic (exact) mass is 247 g/mol. The molecule has 0 saturated heterocycles. The molecule has 0 spiro atoms. The van der Waals surface area contributed by atoms with E-state index in [4.69, 9.17) is 5.73 Å². The predicted octanol–water partition coefficient (Wildman–Crippen LogP) is 2.07. The Morgan fingerprint density at radius 1 is 1.27 bits per heavy atom. The van der Waals surface area contributed by atoms with Crippen LogP contribution in [-0.2, 0) is 6.42 Å². The second-order valence-electron chi connectivity index (χ2n) is 3.09. The molecule has 0 aromatic carbocycles. The van der Waals surface area contributed by atoms with Crippen LogP contribution in [0.25, 0.3) is 5.65 Å². The third-order valence-corrected chi connectivity index (χ3v) is 2.05. The molecule has 0 fully saturated rings. The molecule has 5 heteroatoms. The Morgan fingerprint density at radius 2 is 2.07 bits per heavy atom. The molecule has 0 aliphatic carbocycles. The van der Waals surface area contributed by atoms with Crippen LogP contribution < -0.4 is 5.73 Å². The van der Waals surface area contributed by atoms with Gasteiger partial charge in [-0.2, -0.15) is 0 Å². The Kier molecular flexibility index (Phi) is 6.32. The number of nitrogens with two attached hydrogens (primary N) is 1. The van der Waals surface area contributed by atoms with E-state index in [0.717, 1.165) is 30.7 Å². The number of aryl methyl sites for hydroxylation is 1. The van der Waals surface area contributed by atoms with Gasteiger partial charge < -0.3 is 10.1 Å². The molecular formula is C10H15Cl2N3. The largest absolute Gasteiger partial charge is 0.330 e. The van der Waals surface area contributed by atoms with E-state index >= 15 is 0 Å². The summed E-state index contributed by atoms with van der Waals surface area (Å²) in [4.78, 5) is 4.46. The zero-order valence-electron chi connectivity index (χ0n) is 8.30. The van der Waals surface area contributed by atoms with Gasteiger partial charge in [0.1, 0.15) is 5.65 Å². The van der Waals surface area contributed by atoms with Gasteiger partial charge >= 0.3 is 0 Å². The molecule has 0 atom stereocenters. The zero-order valence-corrected chi connectivity index (χ0v) is 9.93. The van der Waals surface area contributed by atoms with Gasteiger partial charge in [0.2, 0.25) is 0 Å². The average Bonchev–Trinajstić information content (AvgIpc) is 2.57. The van der Waals surface area contributed by atoms with Crippen LogP contribution in [0.15, 0.2) is 30.6 Å². The van der Waals surface area contributed by atoms with E-state index in [1.54, 1.807) is 0 Å². The summed E-state index contributed by atoms with van der Waals surface area (Å²) in [5.74, 6) is 0. The first-order chi connectivity index (χ1) is 6.40. The predicted molar refractivity (Wildman–Crippen MR) is 67.1 cm³/mol. The lowest BCUT2D eigenvalue weighted by molar-refractivity contribution is 0.816. The van der Waals surface area contributed by atoms with Crippen LogP contribution >= 0.6 is 24.8 Å². The fraction of sp³-hybridized carbons (Fsp3) is 0.300. The van der Waals surface area contributed by atoms with E-state index in [1.807, 2.05) is 28.8 Å². The van der Waals surface area contributed by atoms with E-state index in [-0.39, 0.29) is 24.8 Å². The van der Waals surface area contributed by atoms with Crippen molar-refractivity contribution in [3.05, 3.63) is 36.3 Å². The Labute approximate surface area is 102 Å². The molecule has 2 aromatic rings. The first-order valence-electron chi connectivity index (χ1n) is 4.53. The topological polar surface area (TPSA) is 43.3 Å². The SMILES string of the molecule is Cl.Cl.NCCCc1cn2ccccc2n1. The van der Waals surface area contributed by atoms with Gasteiger partial charge in [0, 0.05) is 12.4 Å². The number of imidazole rings is 1. The molecule has 2 N–H and O–H groups in total. The lowest BCUT2D eigenvalue weighted by Crippen LogP contribution is -2.00. The van der Waals surface area contributed by atoms with Gasteiger partial charge in [-0.15, -0.1) is 24.8 Å². The first-order valence-corrected chi connectivity index (χ1v) is 4.53. The number of pyridine rings is 1. The van der Waals surface area contributed by atoms with Gasteiger partial charge in [0.05, 0.1) is 5.69 Å². The molecule has 2 aromatic heterocycles. The molecular weight excluding hydrogens is 233 g/mol. The van der Waals surface area contributed by atoms with Gasteiger partial charge in [0.25, 0.3) is 0 Å². The van der Waals surface area contributed by atoms with Crippen LogP contribution in [0.4, 0.5) is 0 Å². The third kappa shape index (κ3) is 3.38. The Bertz CT molecular complexity index is 367. The van der Waals surface area contributed by atoms with Crippen molar-refractivity contribution in [1.82, 2.24) is 9.38 Å². The van der Waals surface area contributed by atoms with E-state index < -0.39 is 0 Å². The average molecular weight is 248 g/mol. The summed E-state index contributed by atoms with van der Waals surface area (Å²) in [6.07, 6.45) is 6.04. The van der Waals surface area contributed by atoms with Crippen LogP contribution in [0.1, 0.15) is 12.1 Å². The lowest BCUT2D eigenvalue weighted by atomic mass is 10.2. The van der Waals surface area contributed by atoms with Gasteiger partial charge in [0.15, 0.2) is 0 Å². The lowest BCUT2D eigenvalue weighted by Gasteiger charge is -1.90. The standard InChI is InChI=1S/C10H13N3.2ClH/c11-6-3-4-9-8-13-7-2-1-5-10(13)12-9;;/h1-2,5,7-8H,3-4,6,11H2;2*1H. The molecule has 0 aliphatic rings. The first kappa shape index (κ1) is 14.2. The number of fused-ring (bicyclic) bond motifs is 1. The van der Waals surface area contributed by atoms with Crippen LogP contribution in [-0.4, -0.2) is 15.9 Å². The van der Waals surface area contributed by atoms with Crippen LogP contribution in [0.2, 0.25) is 0 Å². The van der Waals surface area contributed by atoms with Crippen LogP contribution in [0.3, 0.4) is 0 Å². The van der Waals surface area contributed by atoms with Crippen molar-refractivity contribution in [3.8, 4) is 0 Å². The minimum atomic E-state index is 0. The van der Waals surface area contributed by atoms with Crippen molar-refractivity contribution in [1.29, 1.82) is 0 Å². The summed E-state index contributed by atoms with van der Waals surface area (Å²) in [6.45, 7) is 0.730. The van der Waals surface area contributed by atoms with Crippen molar-refractivity contribution in [3.63, 3.8) is 0 Å². The molecule has 0 saturated carbocycles. The quantitative estimate of drug-likeness (QED) is 0.903. The van der Waals surface area contributed by atoms with E-state index in [1.165, 1.54) is 0 Å². The number of rotatable bonds is 3. The molecule has 15 heavy (non-hydrogen) atoms. The Hall–Kier alpha value is -0.770. The van der Waals surface area contributed by atoms with E-state index in [0.29, 0.717) is 0 Å². The highest BCUT2D eigenvalue weighted by atomic mass is 35.5. The van der Waals surface area contributed by atoms with Gasteiger partial charge in [-0.25, -0.2) is 4.98 Å². The molecule has 3 nitrogen and oxygen atoms in total. The number of hydrogen-bond acceptors (Lipinski definition) is 2. The maximum Gasteiger partial charge on any atom is 0.136 e. The van der Waals surface area contributed by atoms with Crippen LogP contribution in [0.5, 0.6) is 0 Å². The second kappa shape index (κ2) is 6.67. The van der Waals surface area contributed by atoms with Crippen molar-refractivity contribution in [2.75, 3.05) is 6.54 Å². The summed E-state index contributed by atoms with van der Waals surface area (Å²) in [7, 11) is 0. The van der Waals surface area contributed by atoms with Crippen LogP contribution in [0, 0.1) is 0 Å². The number of halogens is 2. The summed E-state index contributed by atoms with van der Waals surface area (Å²) in [5.41, 5.74) is 7.57. The normalized spacial score (nSPS) is 9.40. The van der Waals surface area contributed by atoms with Gasteiger partial charge in [-0.1, -0.05) is 6.07 Å². The molecule has 0 radical (unpaired) electrons. The molecule has 2 heterocycles. The molecule has 0 aliphatic heterocycles. The summed E-state index contributed by atoms with van der Waals surface area (Å²) in [6, 6.07) is 6.00. The molecule has 0 bridgehead atoms. The van der Waals surface area contributed by atoms with Crippen molar-refractivity contribution in [2.24, 2.45) is 5.73 Å². The van der Waals surface area contributed by atoms with Crippen molar-refractivity contribution < 1.29 is 0 Å². The molecule has 0 amide bonds. The maximum absolute atomic E-state index is 5.44. The molecule has 0 unspecified atom stereocenters. The van der Waals surface area contributed by atoms with E-state index in [2.05, 4.69) is 11.2 Å². The third-order valence-electron chi connectivity index (χ3n) is 2.05. The zero-order chi connectivity index (χ0) is 9.10. The summed E-state index contributed by atoms with van der Waals surface area (Å²) < 4.78 is 2.03.